The SMILES string of the molecule is O=C(O)c1cccc2nnn(C3CCOCC3)c12. The Morgan fingerprint density at radius 2 is 2.17 bits per heavy atom. The van der Waals surface area contributed by atoms with Crippen molar-refractivity contribution in [2.24, 2.45) is 0 Å². The number of benzene rings is 1. The predicted molar refractivity (Wildman–Crippen MR) is 63.6 cm³/mol. The van der Waals surface area contributed by atoms with Crippen molar-refractivity contribution in [1.29, 1.82) is 0 Å². The molecule has 3 rings (SSSR count). The lowest BCUT2D eigenvalue weighted by molar-refractivity contribution is 0.0663. The third kappa shape index (κ3) is 1.74. The van der Waals surface area contributed by atoms with E-state index in [-0.39, 0.29) is 11.6 Å². The van der Waals surface area contributed by atoms with Gasteiger partial charge in [-0.25, -0.2) is 9.48 Å². The van der Waals surface area contributed by atoms with Crippen molar-refractivity contribution in [2.75, 3.05) is 13.2 Å². The number of rotatable bonds is 2. The second-order valence-electron chi connectivity index (χ2n) is 4.36. The van der Waals surface area contributed by atoms with Gasteiger partial charge in [-0.1, -0.05) is 11.3 Å². The molecular weight excluding hydrogens is 234 g/mol. The number of aromatic carboxylic acids is 1. The summed E-state index contributed by atoms with van der Waals surface area (Å²) in [5.74, 6) is -0.948. The van der Waals surface area contributed by atoms with Crippen LogP contribution in [-0.2, 0) is 4.74 Å². The monoisotopic (exact) mass is 247 g/mol. The molecule has 2 aromatic rings. The fraction of sp³-hybridized carbons (Fsp3) is 0.417. The smallest absolute Gasteiger partial charge is 0.337 e. The van der Waals surface area contributed by atoms with Gasteiger partial charge in [0.25, 0.3) is 0 Å². The van der Waals surface area contributed by atoms with E-state index in [1.165, 1.54) is 0 Å². The van der Waals surface area contributed by atoms with Gasteiger partial charge < -0.3 is 9.84 Å². The summed E-state index contributed by atoms with van der Waals surface area (Å²) in [4.78, 5) is 11.3. The molecule has 1 aromatic heterocycles. The van der Waals surface area contributed by atoms with E-state index in [1.54, 1.807) is 22.9 Å². The van der Waals surface area contributed by atoms with Crippen LogP contribution in [0.1, 0.15) is 29.2 Å². The third-order valence-electron chi connectivity index (χ3n) is 3.26. The van der Waals surface area contributed by atoms with Gasteiger partial charge in [0.2, 0.25) is 0 Å². The van der Waals surface area contributed by atoms with E-state index in [9.17, 15) is 9.90 Å². The van der Waals surface area contributed by atoms with Crippen molar-refractivity contribution >= 4 is 17.0 Å². The van der Waals surface area contributed by atoms with Gasteiger partial charge in [-0.15, -0.1) is 5.10 Å². The van der Waals surface area contributed by atoms with Crippen molar-refractivity contribution in [3.05, 3.63) is 23.8 Å². The van der Waals surface area contributed by atoms with Crippen LogP contribution < -0.4 is 0 Å². The molecule has 0 aliphatic carbocycles. The normalized spacial score (nSPS) is 17.1. The number of fused-ring (bicyclic) bond motifs is 1. The van der Waals surface area contributed by atoms with Gasteiger partial charge >= 0.3 is 5.97 Å². The largest absolute Gasteiger partial charge is 0.478 e. The molecule has 1 aliphatic heterocycles. The average Bonchev–Trinajstić information content (AvgIpc) is 2.83. The number of ether oxygens (including phenoxy) is 1. The summed E-state index contributed by atoms with van der Waals surface area (Å²) in [5.41, 5.74) is 1.49. The van der Waals surface area contributed by atoms with Crippen LogP contribution in [0.5, 0.6) is 0 Å². The lowest BCUT2D eigenvalue weighted by Gasteiger charge is -2.22. The van der Waals surface area contributed by atoms with Crippen molar-refractivity contribution in [3.63, 3.8) is 0 Å². The molecule has 1 fully saturated rings. The van der Waals surface area contributed by atoms with Gasteiger partial charge in [0.05, 0.1) is 11.6 Å². The fourth-order valence-electron chi connectivity index (χ4n) is 2.35. The minimum absolute atomic E-state index is 0.171. The van der Waals surface area contributed by atoms with Gasteiger partial charge in [0, 0.05) is 13.2 Å². The molecule has 0 spiro atoms. The lowest BCUT2D eigenvalue weighted by atomic mass is 10.1. The highest BCUT2D eigenvalue weighted by Gasteiger charge is 2.22. The minimum atomic E-state index is -0.948. The van der Waals surface area contributed by atoms with Crippen LogP contribution in [-0.4, -0.2) is 39.3 Å². The first-order valence-corrected chi connectivity index (χ1v) is 5.92. The quantitative estimate of drug-likeness (QED) is 0.869. The summed E-state index contributed by atoms with van der Waals surface area (Å²) in [7, 11) is 0. The Morgan fingerprint density at radius 1 is 1.39 bits per heavy atom. The molecular formula is C12H13N3O3. The number of hydrogen-bond acceptors (Lipinski definition) is 4. The standard InChI is InChI=1S/C12H13N3O3/c16-12(17)9-2-1-3-10-11(9)15(14-13-10)8-4-6-18-7-5-8/h1-3,8H,4-7H2,(H,16,17). The molecule has 1 aliphatic rings. The average molecular weight is 247 g/mol. The Kier molecular flexibility index (Phi) is 2.71. The highest BCUT2D eigenvalue weighted by molar-refractivity contribution is 6.00. The molecule has 1 N–H and O–H groups in total. The van der Waals surface area contributed by atoms with E-state index in [1.807, 2.05) is 0 Å². The van der Waals surface area contributed by atoms with Gasteiger partial charge in [0.15, 0.2) is 0 Å². The van der Waals surface area contributed by atoms with Crippen molar-refractivity contribution < 1.29 is 14.6 Å². The van der Waals surface area contributed by atoms with Gasteiger partial charge in [-0.3, -0.25) is 0 Å². The molecule has 1 saturated heterocycles. The maximum atomic E-state index is 11.3. The summed E-state index contributed by atoms with van der Waals surface area (Å²) in [6.45, 7) is 1.36. The maximum Gasteiger partial charge on any atom is 0.337 e. The van der Waals surface area contributed by atoms with E-state index in [4.69, 9.17) is 4.74 Å². The Labute approximate surface area is 103 Å². The first kappa shape index (κ1) is 11.2. The van der Waals surface area contributed by atoms with Crippen LogP contribution in [0, 0.1) is 0 Å². The first-order valence-electron chi connectivity index (χ1n) is 5.92. The van der Waals surface area contributed by atoms with Crippen LogP contribution >= 0.6 is 0 Å². The molecule has 18 heavy (non-hydrogen) atoms. The summed E-state index contributed by atoms with van der Waals surface area (Å²) >= 11 is 0. The molecule has 1 aromatic carbocycles. The van der Waals surface area contributed by atoms with Gasteiger partial charge in [-0.05, 0) is 25.0 Å². The van der Waals surface area contributed by atoms with Crippen LogP contribution in [0.4, 0.5) is 0 Å². The lowest BCUT2D eigenvalue weighted by Crippen LogP contribution is -2.21. The predicted octanol–water partition coefficient (Wildman–Crippen LogP) is 1.48. The zero-order valence-electron chi connectivity index (χ0n) is 9.74. The van der Waals surface area contributed by atoms with E-state index in [0.29, 0.717) is 24.2 Å². The first-order chi connectivity index (χ1) is 8.77. The Hall–Kier alpha value is -1.95. The van der Waals surface area contributed by atoms with Crippen LogP contribution in [0.15, 0.2) is 18.2 Å². The Balaban J connectivity index is 2.14. The van der Waals surface area contributed by atoms with Crippen molar-refractivity contribution in [3.8, 4) is 0 Å². The zero-order chi connectivity index (χ0) is 12.5. The van der Waals surface area contributed by atoms with E-state index >= 15 is 0 Å². The second kappa shape index (κ2) is 4.38. The summed E-state index contributed by atoms with van der Waals surface area (Å²) in [5, 5.41) is 17.4. The van der Waals surface area contributed by atoms with Crippen molar-refractivity contribution in [1.82, 2.24) is 15.0 Å². The molecule has 0 unspecified atom stereocenters. The number of aromatic nitrogens is 3. The van der Waals surface area contributed by atoms with Crippen LogP contribution in [0.2, 0.25) is 0 Å². The molecule has 6 nitrogen and oxygen atoms in total. The highest BCUT2D eigenvalue weighted by atomic mass is 16.5. The molecule has 2 heterocycles. The van der Waals surface area contributed by atoms with E-state index in [2.05, 4.69) is 10.3 Å². The zero-order valence-corrected chi connectivity index (χ0v) is 9.74. The van der Waals surface area contributed by atoms with E-state index < -0.39 is 5.97 Å². The Morgan fingerprint density at radius 3 is 2.89 bits per heavy atom. The number of hydrogen-bond donors (Lipinski definition) is 1. The number of para-hydroxylation sites is 1. The van der Waals surface area contributed by atoms with Crippen LogP contribution in [0.25, 0.3) is 11.0 Å². The third-order valence-corrected chi connectivity index (χ3v) is 3.26. The summed E-state index contributed by atoms with van der Waals surface area (Å²) < 4.78 is 7.05. The molecule has 6 heteroatoms. The van der Waals surface area contributed by atoms with E-state index in [0.717, 1.165) is 12.8 Å². The summed E-state index contributed by atoms with van der Waals surface area (Å²) in [6.07, 6.45) is 1.68. The molecule has 0 saturated carbocycles. The second-order valence-corrected chi connectivity index (χ2v) is 4.36. The van der Waals surface area contributed by atoms with Gasteiger partial charge in [0.1, 0.15) is 11.0 Å². The Bertz CT molecular complexity index is 587. The number of carboxylic acid groups (broad SMARTS) is 1. The fourth-order valence-corrected chi connectivity index (χ4v) is 2.35. The molecule has 94 valence electrons. The van der Waals surface area contributed by atoms with Crippen LogP contribution in [0.3, 0.4) is 0 Å². The minimum Gasteiger partial charge on any atom is -0.478 e. The molecule has 0 atom stereocenters. The highest BCUT2D eigenvalue weighted by Crippen LogP contribution is 2.26. The number of carbonyl (C=O) groups is 1. The van der Waals surface area contributed by atoms with Gasteiger partial charge in [-0.2, -0.15) is 0 Å². The molecule has 0 bridgehead atoms. The number of carboxylic acids is 1. The maximum absolute atomic E-state index is 11.3. The number of nitrogens with zero attached hydrogens (tertiary/aromatic N) is 3. The topological polar surface area (TPSA) is 77.2 Å². The molecule has 0 amide bonds. The summed E-state index contributed by atoms with van der Waals surface area (Å²) in [6, 6.07) is 5.23. The van der Waals surface area contributed by atoms with Crippen molar-refractivity contribution in [2.45, 2.75) is 18.9 Å². The molecule has 0 radical (unpaired) electrons.